The number of hydrogen-bond donors (Lipinski definition) is 1. The van der Waals surface area contributed by atoms with Gasteiger partial charge in [0.2, 0.25) is 0 Å². The van der Waals surface area contributed by atoms with Crippen LogP contribution in [0.4, 0.5) is 0 Å². The monoisotopic (exact) mass is 198 g/mol. The zero-order valence-electron chi connectivity index (χ0n) is 6.03. The maximum absolute atomic E-state index is 10.7. The summed E-state index contributed by atoms with van der Waals surface area (Å²) in [6.07, 6.45) is 2.17. The van der Waals surface area contributed by atoms with Gasteiger partial charge >= 0.3 is 0 Å². The summed E-state index contributed by atoms with van der Waals surface area (Å²) < 4.78 is 30.1. The molecule has 1 atom stereocenters. The van der Waals surface area contributed by atoms with E-state index in [2.05, 4.69) is 0 Å². The quantitative estimate of drug-likeness (QED) is 0.547. The van der Waals surface area contributed by atoms with Gasteiger partial charge in [-0.25, -0.2) is 0 Å². The summed E-state index contributed by atoms with van der Waals surface area (Å²) >= 11 is 5.40. The minimum atomic E-state index is -3.85. The predicted molar refractivity (Wildman–Crippen MR) is 43.4 cm³/mol. The van der Waals surface area contributed by atoms with Gasteiger partial charge in [-0.1, -0.05) is 0 Å². The highest BCUT2D eigenvalue weighted by Gasteiger charge is 2.38. The van der Waals surface area contributed by atoms with Crippen LogP contribution in [-0.4, -0.2) is 24.1 Å². The highest BCUT2D eigenvalue weighted by Crippen LogP contribution is 2.37. The molecule has 0 radical (unpaired) electrons. The van der Waals surface area contributed by atoms with E-state index < -0.39 is 15.4 Å². The fraction of sp³-hybridized carbons (Fsp3) is 1.00. The number of halogens is 1. The van der Waals surface area contributed by atoms with Crippen molar-refractivity contribution in [1.29, 1.82) is 0 Å². The molecule has 66 valence electrons. The Morgan fingerprint density at radius 3 is 2.36 bits per heavy atom. The minimum Gasteiger partial charge on any atom is -0.285 e. The average molecular weight is 199 g/mol. The smallest absolute Gasteiger partial charge is 0.268 e. The number of hydrogen-bond acceptors (Lipinski definition) is 2. The van der Waals surface area contributed by atoms with E-state index in [1.54, 1.807) is 0 Å². The number of rotatable bonds is 4. The van der Waals surface area contributed by atoms with Crippen LogP contribution in [0.25, 0.3) is 0 Å². The van der Waals surface area contributed by atoms with Crippen molar-refractivity contribution >= 4 is 21.7 Å². The molecule has 3 nitrogen and oxygen atoms in total. The van der Waals surface area contributed by atoms with E-state index in [1.165, 1.54) is 0 Å². The molecule has 5 heteroatoms. The Morgan fingerprint density at radius 2 is 2.09 bits per heavy atom. The van der Waals surface area contributed by atoms with Crippen LogP contribution in [0, 0.1) is 5.92 Å². The molecule has 0 bridgehead atoms. The van der Waals surface area contributed by atoms with E-state index >= 15 is 0 Å². The fourth-order valence-corrected chi connectivity index (χ4v) is 2.74. The lowest BCUT2D eigenvalue weighted by Crippen LogP contribution is -2.23. The van der Waals surface area contributed by atoms with E-state index in [1.807, 2.05) is 0 Å². The van der Waals surface area contributed by atoms with Crippen molar-refractivity contribution in [3.05, 3.63) is 0 Å². The second-order valence-corrected chi connectivity index (χ2v) is 4.88. The summed E-state index contributed by atoms with van der Waals surface area (Å²) in [6, 6.07) is 0. The fourth-order valence-electron chi connectivity index (χ4n) is 1.20. The lowest BCUT2D eigenvalue weighted by atomic mass is 10.2. The molecule has 1 aliphatic carbocycles. The van der Waals surface area contributed by atoms with Crippen LogP contribution >= 0.6 is 11.6 Å². The van der Waals surface area contributed by atoms with Gasteiger partial charge in [0.25, 0.3) is 10.1 Å². The van der Waals surface area contributed by atoms with Crippen LogP contribution in [0.1, 0.15) is 19.3 Å². The van der Waals surface area contributed by atoms with Gasteiger partial charge in [0.15, 0.2) is 0 Å². The summed E-state index contributed by atoms with van der Waals surface area (Å²) in [6.45, 7) is 0. The minimum absolute atomic E-state index is 0.156. The van der Waals surface area contributed by atoms with Crippen LogP contribution in [0.5, 0.6) is 0 Å². The van der Waals surface area contributed by atoms with Crippen molar-refractivity contribution in [2.24, 2.45) is 5.92 Å². The summed E-state index contributed by atoms with van der Waals surface area (Å²) in [5.41, 5.74) is 0. The highest BCUT2D eigenvalue weighted by atomic mass is 35.5. The predicted octanol–water partition coefficient (Wildman–Crippen LogP) is 1.28. The van der Waals surface area contributed by atoms with Crippen molar-refractivity contribution in [2.75, 3.05) is 5.88 Å². The molecule has 0 aliphatic heterocycles. The van der Waals surface area contributed by atoms with Gasteiger partial charge in [-0.3, -0.25) is 4.55 Å². The van der Waals surface area contributed by atoms with Crippen molar-refractivity contribution in [2.45, 2.75) is 24.5 Å². The topological polar surface area (TPSA) is 54.4 Å². The molecule has 0 aromatic carbocycles. The molecule has 1 N–H and O–H groups in total. The molecule has 1 rings (SSSR count). The number of alkyl halides is 1. The van der Waals surface area contributed by atoms with E-state index in [9.17, 15) is 8.42 Å². The van der Waals surface area contributed by atoms with Gasteiger partial charge in [-0.15, -0.1) is 11.6 Å². The van der Waals surface area contributed by atoms with Crippen molar-refractivity contribution < 1.29 is 13.0 Å². The first kappa shape index (κ1) is 9.29. The third-order valence-corrected chi connectivity index (χ3v) is 3.53. The lowest BCUT2D eigenvalue weighted by molar-refractivity contribution is 0.455. The second kappa shape index (κ2) is 3.29. The molecule has 0 saturated heterocycles. The zero-order chi connectivity index (χ0) is 8.48. The molecule has 1 unspecified atom stereocenters. The molecule has 0 spiro atoms. The molecule has 0 aromatic rings. The molecule has 0 aromatic heterocycles. The normalized spacial score (nSPS) is 21.6. The largest absolute Gasteiger partial charge is 0.285 e. The van der Waals surface area contributed by atoms with Gasteiger partial charge in [-0.2, -0.15) is 8.42 Å². The maximum atomic E-state index is 10.7. The molecule has 1 saturated carbocycles. The van der Waals surface area contributed by atoms with E-state index in [4.69, 9.17) is 16.2 Å². The molecule has 1 aliphatic rings. The second-order valence-electron chi connectivity index (χ2n) is 2.87. The van der Waals surface area contributed by atoms with Crippen molar-refractivity contribution in [1.82, 2.24) is 0 Å². The van der Waals surface area contributed by atoms with E-state index in [0.29, 0.717) is 12.3 Å². The molecule has 1 fully saturated rings. The summed E-state index contributed by atoms with van der Waals surface area (Å²) in [5, 5.41) is -0.611. The van der Waals surface area contributed by atoms with Crippen LogP contribution in [0.3, 0.4) is 0 Å². The average Bonchev–Trinajstić information content (AvgIpc) is 2.61. The first-order chi connectivity index (χ1) is 5.05. The zero-order valence-corrected chi connectivity index (χ0v) is 7.61. The molecule has 0 amide bonds. The Kier molecular flexibility index (Phi) is 2.78. The van der Waals surface area contributed by atoms with Crippen LogP contribution in [0.2, 0.25) is 0 Å². The molecule has 11 heavy (non-hydrogen) atoms. The summed E-state index contributed by atoms with van der Waals surface area (Å²) in [5.74, 6) is 0.449. The summed E-state index contributed by atoms with van der Waals surface area (Å²) in [4.78, 5) is 0. The van der Waals surface area contributed by atoms with Gasteiger partial charge in [0.05, 0.1) is 5.25 Å². The van der Waals surface area contributed by atoms with Gasteiger partial charge < -0.3 is 0 Å². The Balaban J connectivity index is 2.59. The Morgan fingerprint density at radius 1 is 1.55 bits per heavy atom. The standard InChI is InChI=1S/C6H11ClO3S/c7-4-3-6(5-1-2-5)11(8,9)10/h5-6H,1-4H2,(H,8,9,10). The lowest BCUT2D eigenvalue weighted by Gasteiger charge is -2.09. The highest BCUT2D eigenvalue weighted by molar-refractivity contribution is 7.86. The third-order valence-electron chi connectivity index (χ3n) is 1.92. The van der Waals surface area contributed by atoms with Gasteiger partial charge in [0, 0.05) is 5.88 Å². The molecular formula is C6H11ClO3S. The Hall–Kier alpha value is 0.200. The third kappa shape index (κ3) is 2.61. The van der Waals surface area contributed by atoms with Crippen LogP contribution in [0.15, 0.2) is 0 Å². The van der Waals surface area contributed by atoms with Crippen LogP contribution in [-0.2, 0) is 10.1 Å². The Labute approximate surface area is 71.5 Å². The Bertz CT molecular complexity index is 220. The van der Waals surface area contributed by atoms with E-state index in [0.717, 1.165) is 12.8 Å². The molecule has 0 heterocycles. The maximum Gasteiger partial charge on any atom is 0.268 e. The van der Waals surface area contributed by atoms with E-state index in [-0.39, 0.29) is 5.92 Å². The van der Waals surface area contributed by atoms with Crippen molar-refractivity contribution in [3.8, 4) is 0 Å². The first-order valence-electron chi connectivity index (χ1n) is 3.58. The van der Waals surface area contributed by atoms with Crippen LogP contribution < -0.4 is 0 Å². The van der Waals surface area contributed by atoms with Gasteiger partial charge in [0.1, 0.15) is 0 Å². The molecular weight excluding hydrogens is 188 g/mol. The van der Waals surface area contributed by atoms with Crippen molar-refractivity contribution in [3.63, 3.8) is 0 Å². The van der Waals surface area contributed by atoms with Gasteiger partial charge in [-0.05, 0) is 25.2 Å². The first-order valence-corrected chi connectivity index (χ1v) is 5.61. The summed E-state index contributed by atoms with van der Waals surface area (Å²) in [7, 11) is -3.85. The SMILES string of the molecule is O=S(=O)(O)C(CCCl)C1CC1.